The highest BCUT2D eigenvalue weighted by atomic mass is 16.5. The second kappa shape index (κ2) is 11.4. The van der Waals surface area contributed by atoms with E-state index < -0.39 is 0 Å². The summed E-state index contributed by atoms with van der Waals surface area (Å²) in [4.78, 5) is 30.9. The Balaban J connectivity index is 1.32. The number of benzene rings is 2. The number of hydrogen-bond acceptors (Lipinski definition) is 8. The van der Waals surface area contributed by atoms with Gasteiger partial charge in [0.15, 0.2) is 0 Å². The van der Waals surface area contributed by atoms with Crippen molar-refractivity contribution in [2.75, 3.05) is 62.8 Å². The Morgan fingerprint density at radius 1 is 1.07 bits per heavy atom. The molecule has 2 atom stereocenters. The summed E-state index contributed by atoms with van der Waals surface area (Å²) >= 11 is 0. The quantitative estimate of drug-likeness (QED) is 0.457. The zero-order valence-corrected chi connectivity index (χ0v) is 23.2. The number of hydrogen-bond donors (Lipinski definition) is 1. The van der Waals surface area contributed by atoms with Crippen LogP contribution in [0.3, 0.4) is 0 Å². The summed E-state index contributed by atoms with van der Waals surface area (Å²) in [5, 5.41) is 12.6. The van der Waals surface area contributed by atoms with Crippen LogP contribution < -0.4 is 14.5 Å². The van der Waals surface area contributed by atoms with E-state index in [1.165, 1.54) is 29.0 Å². The molecule has 40 heavy (non-hydrogen) atoms. The van der Waals surface area contributed by atoms with E-state index in [1.807, 2.05) is 0 Å². The summed E-state index contributed by atoms with van der Waals surface area (Å²) in [6, 6.07) is 15.4. The van der Waals surface area contributed by atoms with E-state index in [9.17, 15) is 9.90 Å². The molecule has 2 saturated heterocycles. The number of aliphatic hydroxyl groups is 1. The van der Waals surface area contributed by atoms with Gasteiger partial charge in [-0.15, -0.1) is 0 Å². The first-order valence-corrected chi connectivity index (χ1v) is 14.3. The van der Waals surface area contributed by atoms with Gasteiger partial charge in [-0.25, -0.2) is 0 Å². The number of aliphatic hydroxyl groups excluding tert-OH is 1. The van der Waals surface area contributed by atoms with Crippen LogP contribution >= 0.6 is 0 Å². The van der Waals surface area contributed by atoms with Crippen molar-refractivity contribution in [2.24, 2.45) is 0 Å². The average molecular weight is 543 g/mol. The lowest BCUT2D eigenvalue weighted by Crippen LogP contribution is -2.57. The number of aromatic nitrogens is 2. The van der Waals surface area contributed by atoms with Gasteiger partial charge in [-0.05, 0) is 50.4 Å². The summed E-state index contributed by atoms with van der Waals surface area (Å²) in [5.41, 5.74) is 3.31. The molecule has 3 aliphatic rings. The lowest BCUT2D eigenvalue weighted by molar-refractivity contribution is -0.129. The Bertz CT molecular complexity index is 1390. The van der Waals surface area contributed by atoms with Gasteiger partial charge in [0.1, 0.15) is 12.4 Å². The van der Waals surface area contributed by atoms with Crippen molar-refractivity contribution in [1.82, 2.24) is 19.8 Å². The molecule has 1 amide bonds. The molecule has 0 radical (unpaired) electrons. The fourth-order valence-electron chi connectivity index (χ4n) is 6.38. The van der Waals surface area contributed by atoms with Gasteiger partial charge < -0.3 is 29.4 Å². The predicted octanol–water partition coefficient (Wildman–Crippen LogP) is 2.86. The zero-order valence-electron chi connectivity index (χ0n) is 23.2. The number of amides is 1. The Morgan fingerprint density at radius 2 is 1.93 bits per heavy atom. The van der Waals surface area contributed by atoms with Crippen LogP contribution in [0.25, 0.3) is 10.8 Å². The largest absolute Gasteiger partial charge is 0.462 e. The highest BCUT2D eigenvalue weighted by molar-refractivity contribution is 5.94. The van der Waals surface area contributed by atoms with Crippen molar-refractivity contribution in [1.29, 1.82) is 0 Å². The standard InChI is InChI=1S/C31H38N6O3/c1-3-29(39)37-17-16-36(18-24(37)20-38)30-26-13-15-35(28-12-6-9-22-8-4-5-11-25(22)28)19-27(26)32-31(33-30)40-21-23-10-7-14-34(23)2/h3-6,8-9,11-12,23-24,38H,1,7,10,13-21H2,2H3. The first kappa shape index (κ1) is 26.5. The Hall–Kier alpha value is -3.69. The molecule has 1 N–H and O–H groups in total. The lowest BCUT2D eigenvalue weighted by Gasteiger charge is -2.42. The monoisotopic (exact) mass is 542 g/mol. The molecular weight excluding hydrogens is 504 g/mol. The topological polar surface area (TPSA) is 85.3 Å². The molecule has 2 unspecified atom stereocenters. The number of anilines is 2. The summed E-state index contributed by atoms with van der Waals surface area (Å²) < 4.78 is 6.26. The maximum absolute atomic E-state index is 12.4. The average Bonchev–Trinajstić information content (AvgIpc) is 3.42. The number of fused-ring (bicyclic) bond motifs is 2. The van der Waals surface area contributed by atoms with Gasteiger partial charge in [-0.3, -0.25) is 4.79 Å². The van der Waals surface area contributed by atoms with Gasteiger partial charge in [0.05, 0.1) is 24.9 Å². The lowest BCUT2D eigenvalue weighted by atomic mass is 10.0. The van der Waals surface area contributed by atoms with Crippen molar-refractivity contribution < 1.29 is 14.6 Å². The molecule has 3 aromatic rings. The third kappa shape index (κ3) is 5.11. The Labute approximate surface area is 235 Å². The number of nitrogens with zero attached hydrogens (tertiary/aromatic N) is 6. The molecule has 0 spiro atoms. The van der Waals surface area contributed by atoms with Crippen LogP contribution in [0.5, 0.6) is 6.01 Å². The summed E-state index contributed by atoms with van der Waals surface area (Å²) in [6.07, 6.45) is 4.41. The highest BCUT2D eigenvalue weighted by Gasteiger charge is 2.33. The van der Waals surface area contributed by atoms with Crippen LogP contribution in [0, 0.1) is 0 Å². The van der Waals surface area contributed by atoms with Crippen LogP contribution in [0.15, 0.2) is 55.1 Å². The predicted molar refractivity (Wildman–Crippen MR) is 157 cm³/mol. The molecule has 4 heterocycles. The Kier molecular flexibility index (Phi) is 7.58. The molecule has 0 aliphatic carbocycles. The molecule has 2 fully saturated rings. The van der Waals surface area contributed by atoms with Gasteiger partial charge in [0.25, 0.3) is 0 Å². The van der Waals surface area contributed by atoms with Crippen LogP contribution in [-0.4, -0.2) is 95.9 Å². The summed E-state index contributed by atoms with van der Waals surface area (Å²) in [6.45, 7) is 8.29. The van der Waals surface area contributed by atoms with E-state index >= 15 is 0 Å². The van der Waals surface area contributed by atoms with E-state index in [1.54, 1.807) is 4.90 Å². The Morgan fingerprint density at radius 3 is 2.73 bits per heavy atom. The zero-order chi connectivity index (χ0) is 27.6. The van der Waals surface area contributed by atoms with Crippen LogP contribution in [0.4, 0.5) is 11.5 Å². The minimum atomic E-state index is -0.322. The smallest absolute Gasteiger partial charge is 0.318 e. The number of carbonyl (C=O) groups excluding carboxylic acids is 1. The molecular formula is C31H38N6O3. The molecule has 9 heteroatoms. The fourth-order valence-corrected chi connectivity index (χ4v) is 6.38. The molecule has 0 saturated carbocycles. The highest BCUT2D eigenvalue weighted by Crippen LogP contribution is 2.34. The number of rotatable bonds is 7. The van der Waals surface area contributed by atoms with Crippen molar-refractivity contribution in [3.05, 3.63) is 66.4 Å². The van der Waals surface area contributed by atoms with Gasteiger partial charge in [-0.2, -0.15) is 9.97 Å². The van der Waals surface area contributed by atoms with Gasteiger partial charge in [0, 0.05) is 48.9 Å². The number of likely N-dealkylation sites (N-methyl/N-ethyl adjacent to an activating group) is 1. The van der Waals surface area contributed by atoms with Crippen LogP contribution in [-0.2, 0) is 17.8 Å². The second-order valence-electron chi connectivity index (χ2n) is 11.0. The van der Waals surface area contributed by atoms with Crippen molar-refractivity contribution >= 4 is 28.2 Å². The third-order valence-corrected chi connectivity index (χ3v) is 8.66. The minimum absolute atomic E-state index is 0.115. The summed E-state index contributed by atoms with van der Waals surface area (Å²) in [5.74, 6) is 0.709. The maximum atomic E-state index is 12.4. The number of carbonyl (C=O) groups is 1. The molecule has 9 nitrogen and oxygen atoms in total. The van der Waals surface area contributed by atoms with E-state index in [4.69, 9.17) is 14.7 Å². The number of ether oxygens (including phenoxy) is 1. The van der Waals surface area contributed by atoms with Gasteiger partial charge >= 0.3 is 6.01 Å². The number of likely N-dealkylation sites (tertiary alicyclic amines) is 1. The van der Waals surface area contributed by atoms with E-state index in [-0.39, 0.29) is 18.6 Å². The van der Waals surface area contributed by atoms with E-state index in [0.29, 0.717) is 44.8 Å². The normalized spacial score (nSPS) is 21.5. The second-order valence-corrected chi connectivity index (χ2v) is 11.0. The minimum Gasteiger partial charge on any atom is -0.462 e. The van der Waals surface area contributed by atoms with Crippen LogP contribution in [0.2, 0.25) is 0 Å². The summed E-state index contributed by atoms with van der Waals surface area (Å²) in [7, 11) is 2.14. The van der Waals surface area contributed by atoms with Crippen molar-refractivity contribution in [2.45, 2.75) is 37.9 Å². The molecule has 2 aromatic carbocycles. The SMILES string of the molecule is C=CC(=O)N1CCN(c2nc(OCC3CCCN3C)nc3c2CCN(c2cccc4ccccc24)C3)CC1CO. The molecule has 1 aromatic heterocycles. The third-order valence-electron chi connectivity index (χ3n) is 8.66. The molecule has 0 bridgehead atoms. The van der Waals surface area contributed by atoms with Gasteiger partial charge in [-0.1, -0.05) is 43.0 Å². The fraction of sp³-hybridized carbons (Fsp3) is 0.452. The molecule has 6 rings (SSSR count). The van der Waals surface area contributed by atoms with Crippen molar-refractivity contribution in [3.63, 3.8) is 0 Å². The number of piperazine rings is 1. The van der Waals surface area contributed by atoms with Crippen LogP contribution in [0.1, 0.15) is 24.1 Å². The first-order valence-electron chi connectivity index (χ1n) is 14.3. The van der Waals surface area contributed by atoms with Crippen molar-refractivity contribution in [3.8, 4) is 6.01 Å². The molecule has 210 valence electrons. The van der Waals surface area contributed by atoms with E-state index in [0.717, 1.165) is 43.0 Å². The van der Waals surface area contributed by atoms with E-state index in [2.05, 4.69) is 70.8 Å². The maximum Gasteiger partial charge on any atom is 0.318 e. The molecule has 3 aliphatic heterocycles. The first-order chi connectivity index (χ1) is 19.6. The van der Waals surface area contributed by atoms with Gasteiger partial charge in [0.2, 0.25) is 5.91 Å².